The third kappa shape index (κ3) is 5.38. The van der Waals surface area contributed by atoms with Gasteiger partial charge in [-0.05, 0) is 17.5 Å². The van der Waals surface area contributed by atoms with E-state index < -0.39 is 0 Å². The van der Waals surface area contributed by atoms with Gasteiger partial charge in [0.25, 0.3) is 0 Å². The van der Waals surface area contributed by atoms with E-state index in [0.717, 1.165) is 0 Å². The van der Waals surface area contributed by atoms with Crippen LogP contribution in [0.5, 0.6) is 0 Å². The number of fused-ring (bicyclic) bond motifs is 2. The van der Waals surface area contributed by atoms with Crippen LogP contribution in [0.2, 0.25) is 0 Å². The van der Waals surface area contributed by atoms with Crippen LogP contribution in [0.25, 0.3) is 16.8 Å². The molecule has 0 fully saturated rings. The number of hydrogen-bond donors (Lipinski definition) is 0. The molecule has 0 saturated carbocycles. The van der Waals surface area contributed by atoms with Crippen molar-refractivity contribution in [2.45, 2.75) is 19.3 Å². The summed E-state index contributed by atoms with van der Waals surface area (Å²) >= 11 is 0. The van der Waals surface area contributed by atoms with E-state index in [1.165, 1.54) is 28.3 Å². The summed E-state index contributed by atoms with van der Waals surface area (Å²) in [7, 11) is 0. The van der Waals surface area contributed by atoms with Gasteiger partial charge in [0.2, 0.25) is 0 Å². The number of hydrogen-bond acceptors (Lipinski definition) is 0. The van der Waals surface area contributed by atoms with Crippen LogP contribution in [0.15, 0.2) is 72.8 Å². The second-order valence-corrected chi connectivity index (χ2v) is 5.16. The van der Waals surface area contributed by atoms with Gasteiger partial charge in [0.05, 0.1) is 0 Å². The van der Waals surface area contributed by atoms with Crippen LogP contribution in [-0.2, 0) is 25.8 Å². The van der Waals surface area contributed by atoms with Crippen LogP contribution in [0, 0.1) is 0 Å². The van der Waals surface area contributed by atoms with Crippen LogP contribution < -0.4 is 24.8 Å². The summed E-state index contributed by atoms with van der Waals surface area (Å²) in [6, 6.07) is 23.3. The third-order valence-corrected chi connectivity index (χ3v) is 3.89. The molecule has 1 aliphatic carbocycles. The molecular formula is C20H19Cl2Hf-3. The molecule has 0 radical (unpaired) electrons. The largest absolute Gasteiger partial charge is 1.00 e. The number of halogens is 2. The summed E-state index contributed by atoms with van der Waals surface area (Å²) in [6.45, 7) is 2.23. The van der Waals surface area contributed by atoms with Gasteiger partial charge in [-0.15, -0.1) is 29.7 Å². The van der Waals surface area contributed by atoms with E-state index >= 15 is 0 Å². The number of allylic oxidation sites excluding steroid dienone is 1. The Labute approximate surface area is 170 Å². The molecule has 4 rings (SSSR count). The normalized spacial score (nSPS) is 13.7. The topological polar surface area (TPSA) is 0 Å². The molecular weight excluding hydrogens is 490 g/mol. The third-order valence-electron chi connectivity index (χ3n) is 3.89. The van der Waals surface area contributed by atoms with Crippen molar-refractivity contribution in [1.82, 2.24) is 0 Å². The Morgan fingerprint density at radius 1 is 0.913 bits per heavy atom. The molecule has 0 heterocycles. The van der Waals surface area contributed by atoms with Gasteiger partial charge >= 0.3 is 0 Å². The monoisotopic (exact) mass is 509 g/mol. The Morgan fingerprint density at radius 2 is 1.61 bits per heavy atom. The first-order chi connectivity index (χ1) is 9.88. The minimum atomic E-state index is 0. The van der Waals surface area contributed by atoms with Crippen molar-refractivity contribution in [1.29, 1.82) is 0 Å². The fourth-order valence-corrected chi connectivity index (χ4v) is 2.75. The number of rotatable bonds is 1. The minimum absolute atomic E-state index is 0. The molecule has 3 aromatic rings. The minimum Gasteiger partial charge on any atom is -1.00 e. The van der Waals surface area contributed by atoms with Gasteiger partial charge in [-0.3, -0.25) is 0 Å². The van der Waals surface area contributed by atoms with Crippen LogP contribution in [0.1, 0.15) is 30.4 Å². The molecule has 0 saturated heterocycles. The summed E-state index contributed by atoms with van der Waals surface area (Å²) in [5.74, 6) is 0.672. The average Bonchev–Trinajstić information content (AvgIpc) is 3.14. The average molecular weight is 509 g/mol. The molecule has 0 aliphatic heterocycles. The van der Waals surface area contributed by atoms with Gasteiger partial charge in [-0.25, -0.2) is 0 Å². The van der Waals surface area contributed by atoms with Crippen molar-refractivity contribution >= 4 is 16.8 Å². The summed E-state index contributed by atoms with van der Waals surface area (Å²) < 4.78 is 0. The Morgan fingerprint density at radius 3 is 2.35 bits per heavy atom. The Bertz CT molecular complexity index is 701. The molecule has 0 nitrogen and oxygen atoms in total. The van der Waals surface area contributed by atoms with Gasteiger partial charge in [0.1, 0.15) is 0 Å². The van der Waals surface area contributed by atoms with Crippen molar-refractivity contribution in [3.8, 4) is 0 Å². The Kier molecular flexibility index (Phi) is 10.6. The van der Waals surface area contributed by atoms with Crippen LogP contribution in [0.4, 0.5) is 0 Å². The standard InChI is InChI=1S/C11H12.C9H7.2ClH.Hf/c1-2-9-7-8-10-5-3-4-6-11(9)10;1-2-5-9-7-3-6-8(9)4-1;;;/h3-9H,2H2,1H3;1-7H;2*1H;/q;-1;;;/p-2. The van der Waals surface area contributed by atoms with Crippen molar-refractivity contribution in [3.63, 3.8) is 0 Å². The maximum Gasteiger partial charge on any atom is 0.00246 e. The van der Waals surface area contributed by atoms with Crippen LogP contribution in [-0.4, -0.2) is 0 Å². The van der Waals surface area contributed by atoms with E-state index in [9.17, 15) is 0 Å². The predicted molar refractivity (Wildman–Crippen MR) is 88.0 cm³/mol. The molecule has 0 bridgehead atoms. The zero-order valence-electron chi connectivity index (χ0n) is 13.0. The summed E-state index contributed by atoms with van der Waals surface area (Å²) in [6.07, 6.45) is 5.74. The molecule has 23 heavy (non-hydrogen) atoms. The molecule has 0 N–H and O–H groups in total. The van der Waals surface area contributed by atoms with Gasteiger partial charge in [-0.1, -0.05) is 49.4 Å². The van der Waals surface area contributed by atoms with Gasteiger partial charge in [0, 0.05) is 31.8 Å². The van der Waals surface area contributed by atoms with E-state index in [0.29, 0.717) is 5.92 Å². The fourth-order valence-electron chi connectivity index (χ4n) is 2.75. The summed E-state index contributed by atoms with van der Waals surface area (Å²) in [4.78, 5) is 0. The molecule has 0 aromatic heterocycles. The fraction of sp³-hybridized carbons (Fsp3) is 0.150. The molecule has 3 aromatic carbocycles. The molecule has 3 heteroatoms. The Hall–Kier alpha value is -0.760. The van der Waals surface area contributed by atoms with E-state index in [1.807, 2.05) is 0 Å². The molecule has 0 amide bonds. The first kappa shape index (κ1) is 22.2. The second kappa shape index (κ2) is 10.9. The van der Waals surface area contributed by atoms with Crippen molar-refractivity contribution in [2.75, 3.05) is 0 Å². The number of benzene rings is 2. The predicted octanol–water partition coefficient (Wildman–Crippen LogP) is -0.229. The summed E-state index contributed by atoms with van der Waals surface area (Å²) in [5.41, 5.74) is 2.90. The van der Waals surface area contributed by atoms with Crippen molar-refractivity contribution < 1.29 is 50.7 Å². The molecule has 120 valence electrons. The maximum atomic E-state index is 2.30. The van der Waals surface area contributed by atoms with Crippen molar-refractivity contribution in [2.24, 2.45) is 0 Å². The van der Waals surface area contributed by atoms with Crippen LogP contribution in [0.3, 0.4) is 0 Å². The second-order valence-electron chi connectivity index (χ2n) is 5.16. The molecule has 0 spiro atoms. The Balaban J connectivity index is 0.000000377. The first-order valence-electron chi connectivity index (χ1n) is 7.26. The molecule has 1 aliphatic rings. The SMILES string of the molecule is CCC1C=Cc2ccccc21.[Cl-].[Cl-].[Hf].c1ccc2[cH-]ccc2c1. The van der Waals surface area contributed by atoms with Gasteiger partial charge in [0.15, 0.2) is 0 Å². The quantitative estimate of drug-likeness (QED) is 0.315. The molecule has 1 unspecified atom stereocenters. The maximum absolute atomic E-state index is 2.30. The summed E-state index contributed by atoms with van der Waals surface area (Å²) in [5, 5.41) is 2.66. The van der Waals surface area contributed by atoms with Crippen molar-refractivity contribution in [3.05, 3.63) is 83.9 Å². The van der Waals surface area contributed by atoms with E-state index in [4.69, 9.17) is 0 Å². The van der Waals surface area contributed by atoms with E-state index in [1.54, 1.807) is 0 Å². The van der Waals surface area contributed by atoms with E-state index in [2.05, 4.69) is 85.8 Å². The van der Waals surface area contributed by atoms with E-state index in [-0.39, 0.29) is 50.7 Å². The van der Waals surface area contributed by atoms with Gasteiger partial charge in [-0.2, -0.15) is 17.5 Å². The molecule has 1 atom stereocenters. The van der Waals surface area contributed by atoms with Gasteiger partial charge < -0.3 is 24.8 Å². The van der Waals surface area contributed by atoms with Crippen LogP contribution >= 0.6 is 0 Å². The smallest absolute Gasteiger partial charge is 0.00246 e. The first-order valence-corrected chi connectivity index (χ1v) is 7.26. The zero-order valence-corrected chi connectivity index (χ0v) is 18.2. The zero-order chi connectivity index (χ0) is 13.8.